The first kappa shape index (κ1) is 25.3. The summed E-state index contributed by atoms with van der Waals surface area (Å²) >= 11 is 0. The molecule has 0 aliphatic heterocycles. The number of amides is 2. The van der Waals surface area contributed by atoms with E-state index in [4.69, 9.17) is 9.84 Å². The van der Waals surface area contributed by atoms with Gasteiger partial charge in [0, 0.05) is 18.4 Å². The second-order valence-electron chi connectivity index (χ2n) is 9.34. The van der Waals surface area contributed by atoms with Crippen LogP contribution in [0.2, 0.25) is 0 Å². The normalized spacial score (nSPS) is 14.1. The first-order chi connectivity index (χ1) is 16.3. The Balaban J connectivity index is 1.62. The number of benzene rings is 2. The molecule has 182 valence electrons. The first-order valence-corrected chi connectivity index (χ1v) is 11.9. The second-order valence-corrected chi connectivity index (χ2v) is 9.34. The van der Waals surface area contributed by atoms with Crippen LogP contribution in [0.25, 0.3) is 11.1 Å². The summed E-state index contributed by atoms with van der Waals surface area (Å²) in [6, 6.07) is 15.0. The van der Waals surface area contributed by atoms with Gasteiger partial charge in [0.05, 0.1) is 0 Å². The van der Waals surface area contributed by atoms with Crippen molar-refractivity contribution >= 4 is 18.0 Å². The fourth-order valence-electron chi connectivity index (χ4n) is 4.32. The molecule has 2 atom stereocenters. The van der Waals surface area contributed by atoms with Crippen LogP contribution in [0.4, 0.5) is 4.79 Å². The molecule has 0 saturated carbocycles. The average Bonchev–Trinajstić information content (AvgIpc) is 3.12. The van der Waals surface area contributed by atoms with E-state index in [-0.39, 0.29) is 31.4 Å². The number of ether oxygens (including phenoxy) is 1. The van der Waals surface area contributed by atoms with Crippen molar-refractivity contribution < 1.29 is 24.2 Å². The smallest absolute Gasteiger partial charge is 0.407 e. The number of carbonyl (C=O) groups excluding carboxylic acids is 2. The molecule has 2 aromatic rings. The molecule has 0 radical (unpaired) electrons. The lowest BCUT2D eigenvalue weighted by atomic mass is 9.98. The summed E-state index contributed by atoms with van der Waals surface area (Å²) in [5, 5.41) is 14.5. The average molecular weight is 467 g/mol. The van der Waals surface area contributed by atoms with Gasteiger partial charge in [0.15, 0.2) is 0 Å². The van der Waals surface area contributed by atoms with E-state index in [0.29, 0.717) is 5.92 Å². The maximum atomic E-state index is 12.8. The van der Waals surface area contributed by atoms with Crippen molar-refractivity contribution in [3.63, 3.8) is 0 Å². The monoisotopic (exact) mass is 466 g/mol. The van der Waals surface area contributed by atoms with Crippen molar-refractivity contribution in [1.29, 1.82) is 0 Å². The minimum Gasteiger partial charge on any atom is -0.481 e. The third kappa shape index (κ3) is 6.59. The van der Waals surface area contributed by atoms with Gasteiger partial charge in [-0.15, -0.1) is 0 Å². The number of carboxylic acids is 1. The zero-order valence-electron chi connectivity index (χ0n) is 20.0. The number of alkyl carbamates (subject to hydrolysis) is 1. The largest absolute Gasteiger partial charge is 0.481 e. The molecule has 2 amide bonds. The highest BCUT2D eigenvalue weighted by molar-refractivity contribution is 5.86. The van der Waals surface area contributed by atoms with Gasteiger partial charge in [-0.1, -0.05) is 62.4 Å². The number of aliphatic carboxylic acids is 1. The second kappa shape index (κ2) is 11.7. The predicted molar refractivity (Wildman–Crippen MR) is 131 cm³/mol. The van der Waals surface area contributed by atoms with Gasteiger partial charge >= 0.3 is 12.1 Å². The SMILES string of the molecule is CC(C)CCC(C)NC(=O)C(CCC(=O)O)NC(=O)OCC1c2ccccc2-c2ccccc21. The van der Waals surface area contributed by atoms with E-state index in [2.05, 4.69) is 36.6 Å². The Bertz CT molecular complexity index is 974. The van der Waals surface area contributed by atoms with Crippen LogP contribution in [0.1, 0.15) is 63.5 Å². The molecule has 7 heteroatoms. The quantitative estimate of drug-likeness (QED) is 0.445. The Morgan fingerprint density at radius 3 is 2.03 bits per heavy atom. The highest BCUT2D eigenvalue weighted by Crippen LogP contribution is 2.44. The van der Waals surface area contributed by atoms with Crippen molar-refractivity contribution in [3.8, 4) is 11.1 Å². The zero-order valence-corrected chi connectivity index (χ0v) is 20.0. The Kier molecular flexibility index (Phi) is 8.68. The van der Waals surface area contributed by atoms with Crippen molar-refractivity contribution in [2.24, 2.45) is 5.92 Å². The highest BCUT2D eigenvalue weighted by atomic mass is 16.5. The molecule has 34 heavy (non-hydrogen) atoms. The van der Waals surface area contributed by atoms with Gasteiger partial charge in [-0.3, -0.25) is 9.59 Å². The lowest BCUT2D eigenvalue weighted by Crippen LogP contribution is -2.49. The van der Waals surface area contributed by atoms with Crippen LogP contribution in [0.3, 0.4) is 0 Å². The van der Waals surface area contributed by atoms with E-state index in [1.54, 1.807) is 0 Å². The third-order valence-corrected chi connectivity index (χ3v) is 6.16. The van der Waals surface area contributed by atoms with Crippen LogP contribution in [0.5, 0.6) is 0 Å². The number of rotatable bonds is 11. The molecule has 2 aromatic carbocycles. The summed E-state index contributed by atoms with van der Waals surface area (Å²) in [5.74, 6) is -1.01. The van der Waals surface area contributed by atoms with Gasteiger partial charge in [-0.2, -0.15) is 0 Å². The van der Waals surface area contributed by atoms with E-state index in [1.165, 1.54) is 0 Å². The molecule has 0 saturated heterocycles. The standard InChI is InChI=1S/C27H34N2O5/c1-17(2)12-13-18(3)28-26(32)24(14-15-25(30)31)29-27(33)34-16-23-21-10-6-4-8-19(21)20-9-5-7-11-22(20)23/h4-11,17-18,23-24H,12-16H2,1-3H3,(H,28,32)(H,29,33)(H,30,31). The Morgan fingerprint density at radius 2 is 1.47 bits per heavy atom. The van der Waals surface area contributed by atoms with Crippen LogP contribution in [-0.4, -0.2) is 41.8 Å². The molecule has 2 unspecified atom stereocenters. The summed E-state index contributed by atoms with van der Waals surface area (Å²) in [7, 11) is 0. The van der Waals surface area contributed by atoms with Crippen molar-refractivity contribution in [2.45, 2.75) is 64.5 Å². The minimum absolute atomic E-state index is 0.0116. The topological polar surface area (TPSA) is 105 Å². The maximum Gasteiger partial charge on any atom is 0.407 e. The summed E-state index contributed by atoms with van der Waals surface area (Å²) in [6.45, 7) is 6.26. The van der Waals surface area contributed by atoms with Crippen molar-refractivity contribution in [2.75, 3.05) is 6.61 Å². The Labute approximate surface area is 200 Å². The maximum absolute atomic E-state index is 12.8. The molecule has 3 rings (SSSR count). The first-order valence-electron chi connectivity index (χ1n) is 11.9. The van der Waals surface area contributed by atoms with Crippen LogP contribution < -0.4 is 10.6 Å². The van der Waals surface area contributed by atoms with Crippen LogP contribution in [-0.2, 0) is 14.3 Å². The molecule has 0 aromatic heterocycles. The lowest BCUT2D eigenvalue weighted by molar-refractivity contribution is -0.137. The van der Waals surface area contributed by atoms with Crippen molar-refractivity contribution in [3.05, 3.63) is 59.7 Å². The predicted octanol–water partition coefficient (Wildman–Crippen LogP) is 4.70. The fourth-order valence-corrected chi connectivity index (χ4v) is 4.32. The summed E-state index contributed by atoms with van der Waals surface area (Å²) < 4.78 is 5.53. The lowest BCUT2D eigenvalue weighted by Gasteiger charge is -2.22. The fraction of sp³-hybridized carbons (Fsp3) is 0.444. The summed E-state index contributed by atoms with van der Waals surface area (Å²) in [6.07, 6.45) is 0.785. The number of fused-ring (bicyclic) bond motifs is 3. The number of carboxylic acid groups (broad SMARTS) is 1. The van der Waals surface area contributed by atoms with Gasteiger partial charge < -0.3 is 20.5 Å². The molecule has 1 aliphatic carbocycles. The molecule has 0 spiro atoms. The highest BCUT2D eigenvalue weighted by Gasteiger charge is 2.30. The van der Waals surface area contributed by atoms with Crippen LogP contribution in [0.15, 0.2) is 48.5 Å². The number of hydrogen-bond donors (Lipinski definition) is 3. The summed E-state index contributed by atoms with van der Waals surface area (Å²) in [4.78, 5) is 36.5. The summed E-state index contributed by atoms with van der Waals surface area (Å²) in [5.41, 5.74) is 4.44. The number of hydrogen-bond acceptors (Lipinski definition) is 4. The minimum atomic E-state index is -1.03. The molecule has 0 bridgehead atoms. The molecule has 3 N–H and O–H groups in total. The third-order valence-electron chi connectivity index (χ3n) is 6.16. The Morgan fingerprint density at radius 1 is 0.882 bits per heavy atom. The molecule has 1 aliphatic rings. The van der Waals surface area contributed by atoms with E-state index in [9.17, 15) is 14.4 Å². The molecule has 0 fully saturated rings. The van der Waals surface area contributed by atoms with E-state index in [0.717, 1.165) is 35.1 Å². The van der Waals surface area contributed by atoms with Crippen LogP contribution in [0, 0.1) is 5.92 Å². The van der Waals surface area contributed by atoms with Gasteiger partial charge in [-0.05, 0) is 54.4 Å². The van der Waals surface area contributed by atoms with Crippen molar-refractivity contribution in [1.82, 2.24) is 10.6 Å². The molecule has 7 nitrogen and oxygen atoms in total. The number of nitrogens with one attached hydrogen (secondary N) is 2. The van der Waals surface area contributed by atoms with E-state index >= 15 is 0 Å². The van der Waals surface area contributed by atoms with Gasteiger partial charge in [0.2, 0.25) is 5.91 Å². The van der Waals surface area contributed by atoms with E-state index < -0.39 is 24.0 Å². The molecular formula is C27H34N2O5. The van der Waals surface area contributed by atoms with Crippen LogP contribution >= 0.6 is 0 Å². The number of carbonyl (C=O) groups is 3. The van der Waals surface area contributed by atoms with E-state index in [1.807, 2.05) is 43.3 Å². The molecular weight excluding hydrogens is 432 g/mol. The molecule has 0 heterocycles. The van der Waals surface area contributed by atoms with Gasteiger partial charge in [0.1, 0.15) is 12.6 Å². The van der Waals surface area contributed by atoms with Gasteiger partial charge in [0.25, 0.3) is 0 Å². The zero-order chi connectivity index (χ0) is 24.7. The Hall–Kier alpha value is -3.35. The van der Waals surface area contributed by atoms with Gasteiger partial charge in [-0.25, -0.2) is 4.79 Å².